The molecule has 0 aliphatic heterocycles. The Morgan fingerprint density at radius 3 is 2.17 bits per heavy atom. The Kier molecular flexibility index (Phi) is 5.59. The lowest BCUT2D eigenvalue weighted by molar-refractivity contribution is -0.125. The van der Waals surface area contributed by atoms with Crippen LogP contribution in [-0.4, -0.2) is 36.0 Å². The maximum atomic E-state index is 11.8. The van der Waals surface area contributed by atoms with Crippen LogP contribution in [0, 0.1) is 0 Å². The van der Waals surface area contributed by atoms with E-state index in [1.54, 1.807) is 13.8 Å². The second kappa shape index (κ2) is 6.73. The molecule has 3 N–H and O–H groups in total. The van der Waals surface area contributed by atoms with Crippen molar-refractivity contribution in [3.8, 4) is 0 Å². The van der Waals surface area contributed by atoms with Crippen LogP contribution in [0.1, 0.15) is 47.0 Å². The fourth-order valence-corrected chi connectivity index (χ4v) is 1.55. The quantitative estimate of drug-likeness (QED) is 0.622. The molecule has 3 atom stereocenters. The van der Waals surface area contributed by atoms with E-state index >= 15 is 0 Å². The lowest BCUT2D eigenvalue weighted by Crippen LogP contribution is -2.52. The van der Waals surface area contributed by atoms with Gasteiger partial charge in [0, 0.05) is 12.1 Å². The molecule has 5 heteroatoms. The first kappa shape index (κ1) is 15.0. The molecule has 0 aromatic heterocycles. The lowest BCUT2D eigenvalue weighted by Gasteiger charge is -2.21. The molecular weight excluding hydrogens is 230 g/mol. The summed E-state index contributed by atoms with van der Waals surface area (Å²) in [6, 6.07) is -0.189. The van der Waals surface area contributed by atoms with E-state index in [0.717, 1.165) is 19.3 Å². The van der Waals surface area contributed by atoms with Crippen LogP contribution < -0.4 is 16.0 Å². The van der Waals surface area contributed by atoms with Gasteiger partial charge in [-0.05, 0) is 40.0 Å². The van der Waals surface area contributed by atoms with Gasteiger partial charge in [0.25, 0.3) is 0 Å². The molecule has 1 rings (SSSR count). The van der Waals surface area contributed by atoms with Crippen molar-refractivity contribution < 1.29 is 9.59 Å². The summed E-state index contributed by atoms with van der Waals surface area (Å²) in [6.45, 7) is 7.55. The van der Waals surface area contributed by atoms with Gasteiger partial charge in [-0.1, -0.05) is 6.92 Å². The summed E-state index contributed by atoms with van der Waals surface area (Å²) < 4.78 is 0. The third-order valence-electron chi connectivity index (χ3n) is 3.21. The van der Waals surface area contributed by atoms with Crippen molar-refractivity contribution in [3.05, 3.63) is 0 Å². The van der Waals surface area contributed by atoms with Gasteiger partial charge in [0.1, 0.15) is 0 Å². The van der Waals surface area contributed by atoms with Crippen LogP contribution in [0.3, 0.4) is 0 Å². The molecular formula is C13H25N3O2. The van der Waals surface area contributed by atoms with Gasteiger partial charge in [0.2, 0.25) is 11.8 Å². The molecule has 0 bridgehead atoms. The SMILES string of the molecule is CCC(C)NC(=O)C(C)NC(C)C(=O)NC1CC1. The zero-order valence-electron chi connectivity index (χ0n) is 11.7. The Bertz CT molecular complexity index is 303. The van der Waals surface area contributed by atoms with Crippen LogP contribution in [0.4, 0.5) is 0 Å². The Morgan fingerprint density at radius 1 is 1.11 bits per heavy atom. The van der Waals surface area contributed by atoms with Crippen LogP contribution in [-0.2, 0) is 9.59 Å². The highest BCUT2D eigenvalue weighted by molar-refractivity contribution is 5.85. The van der Waals surface area contributed by atoms with Crippen molar-refractivity contribution in [2.75, 3.05) is 0 Å². The number of nitrogens with one attached hydrogen (secondary N) is 3. The topological polar surface area (TPSA) is 70.2 Å². The van der Waals surface area contributed by atoms with Crippen LogP contribution in [0.5, 0.6) is 0 Å². The fourth-order valence-electron chi connectivity index (χ4n) is 1.55. The molecule has 1 aliphatic carbocycles. The van der Waals surface area contributed by atoms with E-state index < -0.39 is 0 Å². The van der Waals surface area contributed by atoms with Crippen molar-refractivity contribution in [2.45, 2.75) is 71.1 Å². The monoisotopic (exact) mass is 255 g/mol. The van der Waals surface area contributed by atoms with Gasteiger partial charge in [-0.2, -0.15) is 0 Å². The predicted molar refractivity (Wildman–Crippen MR) is 71.1 cm³/mol. The number of hydrogen-bond acceptors (Lipinski definition) is 3. The third kappa shape index (κ3) is 5.04. The van der Waals surface area contributed by atoms with Crippen LogP contribution in [0.15, 0.2) is 0 Å². The molecule has 0 saturated heterocycles. The Morgan fingerprint density at radius 2 is 1.67 bits per heavy atom. The van der Waals surface area contributed by atoms with Gasteiger partial charge in [-0.3, -0.25) is 14.9 Å². The largest absolute Gasteiger partial charge is 0.352 e. The number of rotatable bonds is 7. The van der Waals surface area contributed by atoms with E-state index in [1.807, 2.05) is 13.8 Å². The average molecular weight is 255 g/mol. The molecule has 5 nitrogen and oxygen atoms in total. The molecule has 0 heterocycles. The van der Waals surface area contributed by atoms with Crippen LogP contribution >= 0.6 is 0 Å². The van der Waals surface area contributed by atoms with Gasteiger partial charge in [-0.15, -0.1) is 0 Å². The summed E-state index contributed by atoms with van der Waals surface area (Å²) in [5.41, 5.74) is 0. The molecule has 0 aromatic rings. The highest BCUT2D eigenvalue weighted by Gasteiger charge is 2.27. The highest BCUT2D eigenvalue weighted by Crippen LogP contribution is 2.18. The Labute approximate surface area is 109 Å². The lowest BCUT2D eigenvalue weighted by atomic mass is 10.2. The summed E-state index contributed by atoms with van der Waals surface area (Å²) in [5, 5.41) is 8.83. The van der Waals surface area contributed by atoms with Crippen LogP contribution in [0.2, 0.25) is 0 Å². The molecule has 1 fully saturated rings. The number of carbonyl (C=O) groups excluding carboxylic acids is 2. The molecule has 18 heavy (non-hydrogen) atoms. The van der Waals surface area contributed by atoms with E-state index in [0.29, 0.717) is 6.04 Å². The second-order valence-corrected chi connectivity index (χ2v) is 5.21. The minimum atomic E-state index is -0.362. The average Bonchev–Trinajstić information content (AvgIpc) is 3.12. The molecule has 1 aliphatic rings. The van der Waals surface area contributed by atoms with Crippen molar-refractivity contribution in [3.63, 3.8) is 0 Å². The van der Waals surface area contributed by atoms with Crippen molar-refractivity contribution >= 4 is 11.8 Å². The number of hydrogen-bond donors (Lipinski definition) is 3. The van der Waals surface area contributed by atoms with E-state index in [1.165, 1.54) is 0 Å². The second-order valence-electron chi connectivity index (χ2n) is 5.21. The van der Waals surface area contributed by atoms with Gasteiger partial charge < -0.3 is 10.6 Å². The Balaban J connectivity index is 2.30. The molecule has 3 unspecified atom stereocenters. The third-order valence-corrected chi connectivity index (χ3v) is 3.21. The van der Waals surface area contributed by atoms with Crippen LogP contribution in [0.25, 0.3) is 0 Å². The number of carbonyl (C=O) groups is 2. The minimum Gasteiger partial charge on any atom is -0.352 e. The normalized spacial score (nSPS) is 19.8. The summed E-state index contributed by atoms with van der Waals surface area (Å²) in [5.74, 6) is -0.0869. The van der Waals surface area contributed by atoms with Gasteiger partial charge in [0.05, 0.1) is 12.1 Å². The summed E-state index contributed by atoms with van der Waals surface area (Å²) in [6.07, 6.45) is 3.04. The Hall–Kier alpha value is -1.10. The minimum absolute atomic E-state index is 0.0271. The maximum Gasteiger partial charge on any atom is 0.237 e. The number of amides is 2. The molecule has 0 radical (unpaired) electrons. The van der Waals surface area contributed by atoms with Gasteiger partial charge in [0.15, 0.2) is 0 Å². The highest BCUT2D eigenvalue weighted by atomic mass is 16.2. The molecule has 1 saturated carbocycles. The van der Waals surface area contributed by atoms with Crippen molar-refractivity contribution in [1.82, 2.24) is 16.0 Å². The zero-order chi connectivity index (χ0) is 13.7. The molecule has 104 valence electrons. The standard InChI is InChI=1S/C13H25N3O2/c1-5-8(2)14-12(17)9(3)15-10(4)13(18)16-11-6-7-11/h8-11,15H,5-7H2,1-4H3,(H,14,17)(H,16,18). The van der Waals surface area contributed by atoms with Crippen molar-refractivity contribution in [2.24, 2.45) is 0 Å². The summed E-state index contributed by atoms with van der Waals surface area (Å²) in [4.78, 5) is 23.5. The predicted octanol–water partition coefficient (Wildman–Crippen LogP) is 0.546. The molecule has 0 spiro atoms. The maximum absolute atomic E-state index is 11.8. The van der Waals surface area contributed by atoms with E-state index in [-0.39, 0.29) is 29.9 Å². The summed E-state index contributed by atoms with van der Waals surface area (Å²) in [7, 11) is 0. The smallest absolute Gasteiger partial charge is 0.237 e. The summed E-state index contributed by atoms with van der Waals surface area (Å²) >= 11 is 0. The van der Waals surface area contributed by atoms with Crippen molar-refractivity contribution in [1.29, 1.82) is 0 Å². The van der Waals surface area contributed by atoms with E-state index in [2.05, 4.69) is 16.0 Å². The van der Waals surface area contributed by atoms with E-state index in [4.69, 9.17) is 0 Å². The zero-order valence-corrected chi connectivity index (χ0v) is 11.7. The first-order chi connectivity index (χ1) is 8.43. The first-order valence-electron chi connectivity index (χ1n) is 6.80. The van der Waals surface area contributed by atoms with Gasteiger partial charge in [-0.25, -0.2) is 0 Å². The molecule has 0 aromatic carbocycles. The van der Waals surface area contributed by atoms with Gasteiger partial charge >= 0.3 is 0 Å². The fraction of sp³-hybridized carbons (Fsp3) is 0.846. The van der Waals surface area contributed by atoms with E-state index in [9.17, 15) is 9.59 Å². The molecule has 2 amide bonds. The first-order valence-corrected chi connectivity index (χ1v) is 6.80.